The quantitative estimate of drug-likeness (QED) is 0.177. The van der Waals surface area contributed by atoms with Crippen LogP contribution < -0.4 is 14.4 Å². The summed E-state index contributed by atoms with van der Waals surface area (Å²) < 4.78 is 49.6. The molecule has 47 heavy (non-hydrogen) atoms. The molecule has 1 aliphatic carbocycles. The van der Waals surface area contributed by atoms with Gasteiger partial charge < -0.3 is 15.0 Å². The molecular weight excluding hydrogens is 641 g/mol. The minimum Gasteiger partial charge on any atom is -0.497 e. The van der Waals surface area contributed by atoms with Crippen LogP contribution in [-0.2, 0) is 32.6 Å². The number of benzene rings is 4. The van der Waals surface area contributed by atoms with Crippen molar-refractivity contribution in [1.29, 1.82) is 0 Å². The number of anilines is 1. The maximum absolute atomic E-state index is 15.1. The Hall–Kier alpha value is -4.41. The standard InChI is InChI=1S/C36H37ClFN3O5S/c1-46-31-19-21-32(22-20-31)47(44,45)41(30-17-15-28(37)16-18-30)25-35(42)40(24-27-11-5-8-14-33(27)38)34(23-26-9-3-2-4-10-26)36(43)39-29-12-6-7-13-29/h2-5,8-11,14-22,29,34H,6-7,12-13,23-25H2,1H3,(H,39,43). The summed E-state index contributed by atoms with van der Waals surface area (Å²) in [7, 11) is -2.84. The molecule has 1 aliphatic rings. The van der Waals surface area contributed by atoms with E-state index in [1.807, 2.05) is 30.3 Å². The number of rotatable bonds is 13. The number of nitrogens with zero attached hydrogens (tertiary/aromatic N) is 2. The Morgan fingerprint density at radius 3 is 2.19 bits per heavy atom. The molecule has 4 aromatic carbocycles. The van der Waals surface area contributed by atoms with Crippen LogP contribution in [-0.4, -0.2) is 50.9 Å². The van der Waals surface area contributed by atoms with Crippen molar-refractivity contribution < 1.29 is 27.1 Å². The average molecular weight is 678 g/mol. The maximum atomic E-state index is 15.1. The van der Waals surface area contributed by atoms with Gasteiger partial charge >= 0.3 is 0 Å². The molecule has 1 N–H and O–H groups in total. The minimum atomic E-state index is -4.31. The molecule has 0 saturated heterocycles. The molecule has 1 fully saturated rings. The predicted octanol–water partition coefficient (Wildman–Crippen LogP) is 6.38. The van der Waals surface area contributed by atoms with Crippen LogP contribution >= 0.6 is 11.6 Å². The summed E-state index contributed by atoms with van der Waals surface area (Å²) in [6.07, 6.45) is 3.79. The largest absolute Gasteiger partial charge is 0.497 e. The summed E-state index contributed by atoms with van der Waals surface area (Å²) in [6, 6.07) is 26.1. The molecule has 0 heterocycles. The van der Waals surface area contributed by atoms with E-state index in [-0.39, 0.29) is 41.1 Å². The van der Waals surface area contributed by atoms with Crippen LogP contribution in [0.3, 0.4) is 0 Å². The second-order valence-corrected chi connectivity index (χ2v) is 13.8. The number of sulfonamides is 1. The fourth-order valence-corrected chi connectivity index (χ4v) is 7.28. The van der Waals surface area contributed by atoms with E-state index < -0.39 is 34.3 Å². The van der Waals surface area contributed by atoms with Gasteiger partial charge in [-0.1, -0.05) is 73.0 Å². The lowest BCUT2D eigenvalue weighted by atomic mass is 10.0. The Kier molecular flexibility index (Phi) is 11.2. The Labute approximate surface area is 280 Å². The Morgan fingerprint density at radius 2 is 1.55 bits per heavy atom. The number of nitrogens with one attached hydrogen (secondary N) is 1. The van der Waals surface area contributed by atoms with Crippen LogP contribution in [0.25, 0.3) is 0 Å². The zero-order chi connectivity index (χ0) is 33.4. The minimum absolute atomic E-state index is 0.0350. The van der Waals surface area contributed by atoms with Crippen LogP contribution in [0, 0.1) is 5.82 Å². The van der Waals surface area contributed by atoms with Crippen LogP contribution in [0.4, 0.5) is 10.1 Å². The third-order valence-corrected chi connectivity index (χ3v) is 10.4. The molecule has 5 rings (SSSR count). The first-order chi connectivity index (χ1) is 22.7. The highest BCUT2D eigenvalue weighted by molar-refractivity contribution is 7.92. The smallest absolute Gasteiger partial charge is 0.264 e. The highest BCUT2D eigenvalue weighted by Crippen LogP contribution is 2.28. The van der Waals surface area contributed by atoms with Crippen molar-refractivity contribution in [3.63, 3.8) is 0 Å². The second-order valence-electron chi connectivity index (χ2n) is 11.5. The third kappa shape index (κ3) is 8.50. The topological polar surface area (TPSA) is 96.0 Å². The number of ether oxygens (including phenoxy) is 1. The van der Waals surface area contributed by atoms with Crippen molar-refractivity contribution in [3.05, 3.63) is 125 Å². The van der Waals surface area contributed by atoms with E-state index >= 15 is 4.39 Å². The summed E-state index contributed by atoms with van der Waals surface area (Å²) in [6.45, 7) is -0.912. The van der Waals surface area contributed by atoms with E-state index in [1.54, 1.807) is 18.2 Å². The number of methoxy groups -OCH3 is 1. The van der Waals surface area contributed by atoms with E-state index in [4.69, 9.17) is 16.3 Å². The van der Waals surface area contributed by atoms with E-state index in [9.17, 15) is 18.0 Å². The van der Waals surface area contributed by atoms with Gasteiger partial charge in [-0.25, -0.2) is 12.8 Å². The zero-order valence-corrected chi connectivity index (χ0v) is 27.6. The first-order valence-electron chi connectivity index (χ1n) is 15.5. The zero-order valence-electron chi connectivity index (χ0n) is 26.0. The predicted molar refractivity (Wildman–Crippen MR) is 180 cm³/mol. The SMILES string of the molecule is COc1ccc(S(=O)(=O)N(CC(=O)N(Cc2ccccc2F)C(Cc2ccccc2)C(=O)NC2CCCC2)c2ccc(Cl)cc2)cc1. The van der Waals surface area contributed by atoms with E-state index in [2.05, 4.69) is 5.32 Å². The molecule has 1 unspecified atom stereocenters. The molecule has 0 aromatic heterocycles. The van der Waals surface area contributed by atoms with Gasteiger partial charge in [0.25, 0.3) is 10.0 Å². The summed E-state index contributed by atoms with van der Waals surface area (Å²) in [4.78, 5) is 29.8. The van der Waals surface area contributed by atoms with Gasteiger partial charge in [-0.2, -0.15) is 0 Å². The molecule has 0 aliphatic heterocycles. The van der Waals surface area contributed by atoms with Crippen molar-refractivity contribution in [2.24, 2.45) is 0 Å². The van der Waals surface area contributed by atoms with Gasteiger partial charge in [0.15, 0.2) is 0 Å². The number of hydrogen-bond acceptors (Lipinski definition) is 5. The number of carbonyl (C=O) groups is 2. The monoisotopic (exact) mass is 677 g/mol. The van der Waals surface area contributed by atoms with Gasteiger partial charge in [0.1, 0.15) is 24.2 Å². The Bertz CT molecular complexity index is 1770. The van der Waals surface area contributed by atoms with Crippen molar-refractivity contribution in [1.82, 2.24) is 10.2 Å². The number of amides is 2. The Morgan fingerprint density at radius 1 is 0.915 bits per heavy atom. The van der Waals surface area contributed by atoms with Crippen molar-refractivity contribution in [2.75, 3.05) is 18.0 Å². The molecule has 0 spiro atoms. The molecule has 1 saturated carbocycles. The first kappa shape index (κ1) is 33.9. The average Bonchev–Trinajstić information content (AvgIpc) is 3.60. The lowest BCUT2D eigenvalue weighted by Gasteiger charge is -2.34. The molecule has 4 aromatic rings. The lowest BCUT2D eigenvalue weighted by molar-refractivity contribution is -0.140. The molecule has 0 bridgehead atoms. The summed E-state index contributed by atoms with van der Waals surface area (Å²) in [5.74, 6) is -1.13. The molecule has 0 radical (unpaired) electrons. The van der Waals surface area contributed by atoms with Gasteiger partial charge in [0.2, 0.25) is 11.8 Å². The summed E-state index contributed by atoms with van der Waals surface area (Å²) in [5.41, 5.74) is 1.19. The number of hydrogen-bond donors (Lipinski definition) is 1. The fraction of sp³-hybridized carbons (Fsp3) is 0.278. The Balaban J connectivity index is 1.56. The molecule has 1 atom stereocenters. The highest BCUT2D eigenvalue weighted by Gasteiger charge is 2.36. The molecule has 2 amide bonds. The number of carbonyl (C=O) groups excluding carboxylic acids is 2. The van der Waals surface area contributed by atoms with Gasteiger partial charge in [-0.05, 0) is 73.0 Å². The van der Waals surface area contributed by atoms with Crippen LogP contribution in [0.1, 0.15) is 36.8 Å². The first-order valence-corrected chi connectivity index (χ1v) is 17.3. The molecule has 11 heteroatoms. The highest BCUT2D eigenvalue weighted by atomic mass is 35.5. The van der Waals surface area contributed by atoms with Gasteiger partial charge in [-0.3, -0.25) is 13.9 Å². The molecule has 8 nitrogen and oxygen atoms in total. The van der Waals surface area contributed by atoms with Crippen LogP contribution in [0.2, 0.25) is 5.02 Å². The van der Waals surface area contributed by atoms with E-state index in [1.165, 1.54) is 66.6 Å². The van der Waals surface area contributed by atoms with E-state index in [0.717, 1.165) is 35.6 Å². The molecule has 246 valence electrons. The normalized spacial score (nSPS) is 13.9. The van der Waals surface area contributed by atoms with E-state index in [0.29, 0.717) is 10.8 Å². The van der Waals surface area contributed by atoms with Gasteiger partial charge in [0.05, 0.1) is 17.7 Å². The fourth-order valence-electron chi connectivity index (χ4n) is 5.74. The van der Waals surface area contributed by atoms with Crippen LogP contribution in [0.5, 0.6) is 5.75 Å². The molecular formula is C36H37ClFN3O5S. The third-order valence-electron chi connectivity index (χ3n) is 8.31. The van der Waals surface area contributed by atoms with Gasteiger partial charge in [0, 0.05) is 29.6 Å². The maximum Gasteiger partial charge on any atom is 0.264 e. The van der Waals surface area contributed by atoms with Crippen molar-refractivity contribution in [2.45, 2.75) is 55.6 Å². The van der Waals surface area contributed by atoms with Gasteiger partial charge in [-0.15, -0.1) is 0 Å². The van der Waals surface area contributed by atoms with Crippen LogP contribution in [0.15, 0.2) is 108 Å². The number of halogens is 2. The summed E-state index contributed by atoms with van der Waals surface area (Å²) >= 11 is 6.13. The lowest BCUT2D eigenvalue weighted by Crippen LogP contribution is -2.54. The second kappa shape index (κ2) is 15.5. The van der Waals surface area contributed by atoms with Crippen molar-refractivity contribution in [3.8, 4) is 5.75 Å². The van der Waals surface area contributed by atoms with Crippen molar-refractivity contribution >= 4 is 39.1 Å². The summed E-state index contributed by atoms with van der Waals surface area (Å²) in [5, 5.41) is 3.49.